The van der Waals surface area contributed by atoms with Crippen molar-refractivity contribution >= 4 is 34.5 Å². The van der Waals surface area contributed by atoms with Gasteiger partial charge in [-0.25, -0.2) is 4.79 Å². The van der Waals surface area contributed by atoms with Gasteiger partial charge in [0, 0.05) is 4.47 Å². The van der Waals surface area contributed by atoms with E-state index in [0.717, 1.165) is 0 Å². The normalized spacial score (nSPS) is 12.3. The molecule has 20 heavy (non-hydrogen) atoms. The second-order valence-electron chi connectivity index (χ2n) is 5.62. The predicted molar refractivity (Wildman–Crippen MR) is 80.2 cm³/mol. The average molecular weight is 345 g/mol. The highest BCUT2D eigenvalue weighted by Crippen LogP contribution is 2.25. The number of carbonyl (C=O) groups is 1. The van der Waals surface area contributed by atoms with Gasteiger partial charge in [0.25, 0.3) is 0 Å². The first-order valence-corrected chi connectivity index (χ1v) is 6.85. The van der Waals surface area contributed by atoms with Gasteiger partial charge in [-0.2, -0.15) is 0 Å². The number of aliphatic hydroxyl groups is 1. The summed E-state index contributed by atoms with van der Waals surface area (Å²) in [5, 5.41) is 29.1. The molecule has 1 aromatic carbocycles. The van der Waals surface area contributed by atoms with E-state index in [1.54, 1.807) is 33.8 Å². The lowest BCUT2D eigenvalue weighted by molar-refractivity contribution is -0.0982. The molecule has 0 fully saturated rings. The Hall–Kier alpha value is -0.885. The third kappa shape index (κ3) is 4.05. The van der Waals surface area contributed by atoms with Gasteiger partial charge in [-0.15, -0.1) is 0 Å². The Balaban J connectivity index is 3.04. The number of halogens is 1. The lowest BCUT2D eigenvalue weighted by atomic mass is 9.76. The van der Waals surface area contributed by atoms with Crippen molar-refractivity contribution in [2.24, 2.45) is 0 Å². The number of carboxylic acid groups (broad SMARTS) is 1. The molecule has 0 spiro atoms. The zero-order valence-corrected chi connectivity index (χ0v) is 13.4. The third-order valence-electron chi connectivity index (χ3n) is 3.33. The highest BCUT2D eigenvalue weighted by molar-refractivity contribution is 9.10. The van der Waals surface area contributed by atoms with Crippen LogP contribution in [0.2, 0.25) is 0 Å². The van der Waals surface area contributed by atoms with E-state index in [-0.39, 0.29) is 5.56 Å². The number of carboxylic acids is 1. The molecule has 1 aromatic rings. The predicted octanol–water partition coefficient (Wildman–Crippen LogP) is 1.40. The van der Waals surface area contributed by atoms with E-state index in [4.69, 9.17) is 9.76 Å². The molecule has 1 rings (SSSR count). The summed E-state index contributed by atoms with van der Waals surface area (Å²) in [6.45, 7) is 6.44. The minimum Gasteiger partial charge on any atom is -0.478 e. The van der Waals surface area contributed by atoms with E-state index in [1.165, 1.54) is 12.1 Å². The van der Waals surface area contributed by atoms with Crippen LogP contribution in [-0.2, 0) is 4.65 Å². The highest BCUT2D eigenvalue weighted by Gasteiger charge is 2.39. The van der Waals surface area contributed by atoms with Crippen molar-refractivity contribution in [1.82, 2.24) is 0 Å². The Morgan fingerprint density at radius 1 is 1.25 bits per heavy atom. The molecule has 0 aliphatic carbocycles. The fraction of sp³-hybridized carbons (Fsp3) is 0.462. The molecule has 0 aliphatic rings. The van der Waals surface area contributed by atoms with E-state index in [9.17, 15) is 14.9 Å². The molecule has 0 radical (unpaired) electrons. The van der Waals surface area contributed by atoms with Crippen molar-refractivity contribution in [3.8, 4) is 0 Å². The van der Waals surface area contributed by atoms with Gasteiger partial charge < -0.3 is 19.9 Å². The summed E-state index contributed by atoms with van der Waals surface area (Å²) >= 11 is 3.19. The molecule has 110 valence electrons. The maximum absolute atomic E-state index is 11.0. The van der Waals surface area contributed by atoms with Gasteiger partial charge in [-0.1, -0.05) is 15.9 Å². The summed E-state index contributed by atoms with van der Waals surface area (Å²) in [7, 11) is -1.34. The zero-order chi connectivity index (χ0) is 15.7. The quantitative estimate of drug-likeness (QED) is 0.703. The van der Waals surface area contributed by atoms with Crippen LogP contribution in [-0.4, -0.2) is 39.5 Å². The van der Waals surface area contributed by atoms with Crippen LogP contribution < -0.4 is 5.46 Å². The number of hydrogen-bond acceptors (Lipinski definition) is 4. The van der Waals surface area contributed by atoms with Crippen LogP contribution in [0.1, 0.15) is 38.1 Å². The summed E-state index contributed by atoms with van der Waals surface area (Å²) in [4.78, 5) is 11.0. The topological polar surface area (TPSA) is 87.0 Å². The maximum Gasteiger partial charge on any atom is 0.491 e. The van der Waals surface area contributed by atoms with Crippen LogP contribution in [0.5, 0.6) is 0 Å². The Kier molecular flexibility index (Phi) is 5.02. The third-order valence-corrected chi connectivity index (χ3v) is 3.79. The van der Waals surface area contributed by atoms with Crippen LogP contribution in [0, 0.1) is 0 Å². The molecule has 7 heteroatoms. The van der Waals surface area contributed by atoms with Gasteiger partial charge >= 0.3 is 13.1 Å². The van der Waals surface area contributed by atoms with Crippen molar-refractivity contribution < 1.29 is 24.7 Å². The smallest absolute Gasteiger partial charge is 0.478 e. The molecule has 0 bridgehead atoms. The fourth-order valence-corrected chi connectivity index (χ4v) is 1.88. The summed E-state index contributed by atoms with van der Waals surface area (Å²) in [6, 6.07) is 4.33. The molecular formula is C13H18BBrO5. The molecule has 0 heterocycles. The molecule has 0 unspecified atom stereocenters. The van der Waals surface area contributed by atoms with Crippen LogP contribution in [0.25, 0.3) is 0 Å². The van der Waals surface area contributed by atoms with Gasteiger partial charge in [0.1, 0.15) is 0 Å². The molecule has 0 saturated heterocycles. The SMILES string of the molecule is CC(C)(O)C(C)(C)OB(O)c1cc(Br)cc(C(=O)O)c1. The largest absolute Gasteiger partial charge is 0.491 e. The summed E-state index contributed by atoms with van der Waals surface area (Å²) in [5.41, 5.74) is -1.85. The van der Waals surface area contributed by atoms with E-state index < -0.39 is 24.3 Å². The van der Waals surface area contributed by atoms with E-state index in [2.05, 4.69) is 15.9 Å². The highest BCUT2D eigenvalue weighted by atomic mass is 79.9. The van der Waals surface area contributed by atoms with Crippen molar-refractivity contribution in [1.29, 1.82) is 0 Å². The van der Waals surface area contributed by atoms with Gasteiger partial charge in [-0.05, 0) is 51.4 Å². The standard InChI is InChI=1S/C13H18BBrO5/c1-12(2,18)13(3,4)20-14(19)9-5-8(11(16)17)6-10(15)7-9/h5-7,18-19H,1-4H3,(H,16,17). The Morgan fingerprint density at radius 3 is 2.25 bits per heavy atom. The molecule has 5 nitrogen and oxygen atoms in total. The monoisotopic (exact) mass is 344 g/mol. The summed E-state index contributed by atoms with van der Waals surface area (Å²) in [5.74, 6) is -1.10. The van der Waals surface area contributed by atoms with Crippen LogP contribution in [0.3, 0.4) is 0 Å². The molecule has 3 N–H and O–H groups in total. The first-order valence-electron chi connectivity index (χ1n) is 6.06. The van der Waals surface area contributed by atoms with Crippen molar-refractivity contribution in [3.63, 3.8) is 0 Å². The lowest BCUT2D eigenvalue weighted by Gasteiger charge is -2.38. The molecule has 0 aliphatic heterocycles. The van der Waals surface area contributed by atoms with Crippen molar-refractivity contribution in [3.05, 3.63) is 28.2 Å². The van der Waals surface area contributed by atoms with Gasteiger partial charge in [0.2, 0.25) is 0 Å². The molecule has 0 saturated carbocycles. The first kappa shape index (κ1) is 17.2. The minimum atomic E-state index is -1.34. The Labute approximate surface area is 126 Å². The van der Waals surface area contributed by atoms with E-state index >= 15 is 0 Å². The van der Waals surface area contributed by atoms with Crippen molar-refractivity contribution in [2.75, 3.05) is 0 Å². The van der Waals surface area contributed by atoms with Gasteiger partial charge in [0.15, 0.2) is 0 Å². The van der Waals surface area contributed by atoms with Crippen LogP contribution >= 0.6 is 15.9 Å². The number of benzene rings is 1. The number of aromatic carboxylic acids is 1. The lowest BCUT2D eigenvalue weighted by Crippen LogP contribution is -2.53. The first-order chi connectivity index (χ1) is 8.94. The summed E-state index contributed by atoms with van der Waals surface area (Å²) in [6.07, 6.45) is 0. The second kappa shape index (κ2) is 5.85. The molecular weight excluding hydrogens is 327 g/mol. The maximum atomic E-state index is 11.0. The minimum absolute atomic E-state index is 0.0399. The fourth-order valence-electron chi connectivity index (χ4n) is 1.37. The number of rotatable bonds is 5. The zero-order valence-electron chi connectivity index (χ0n) is 11.8. The van der Waals surface area contributed by atoms with E-state index in [1.807, 2.05) is 0 Å². The van der Waals surface area contributed by atoms with Crippen molar-refractivity contribution in [2.45, 2.75) is 38.9 Å². The Morgan fingerprint density at radius 2 is 1.80 bits per heavy atom. The van der Waals surface area contributed by atoms with E-state index in [0.29, 0.717) is 9.94 Å². The van der Waals surface area contributed by atoms with Gasteiger partial charge in [-0.3, -0.25) is 0 Å². The average Bonchev–Trinajstić information content (AvgIpc) is 2.25. The van der Waals surface area contributed by atoms with Gasteiger partial charge in [0.05, 0.1) is 16.8 Å². The molecule has 0 atom stereocenters. The summed E-state index contributed by atoms with van der Waals surface area (Å²) < 4.78 is 5.99. The second-order valence-corrected chi connectivity index (χ2v) is 6.53. The molecule has 0 aromatic heterocycles. The van der Waals surface area contributed by atoms with Crippen LogP contribution in [0.15, 0.2) is 22.7 Å². The van der Waals surface area contributed by atoms with Crippen LogP contribution in [0.4, 0.5) is 0 Å². The molecule has 0 amide bonds. The number of hydrogen-bond donors (Lipinski definition) is 3. The Bertz CT molecular complexity index is 510.